The fourth-order valence-corrected chi connectivity index (χ4v) is 2.94. The second-order valence-corrected chi connectivity index (χ2v) is 5.09. The lowest BCUT2D eigenvalue weighted by Crippen LogP contribution is -2.19. The molecule has 0 saturated carbocycles. The largest absolute Gasteiger partial charge is 0.370 e. The van der Waals surface area contributed by atoms with Crippen molar-refractivity contribution in [3.8, 4) is 0 Å². The van der Waals surface area contributed by atoms with Crippen LogP contribution in [0.1, 0.15) is 12.8 Å². The molecule has 0 amide bonds. The molecular formula is C10H17N5S. The van der Waals surface area contributed by atoms with Gasteiger partial charge in [-0.15, -0.1) is 0 Å². The molecule has 0 spiro atoms. The van der Waals surface area contributed by atoms with Gasteiger partial charge in [0.2, 0.25) is 0 Å². The average Bonchev–Trinajstić information content (AvgIpc) is 2.38. The lowest BCUT2D eigenvalue weighted by atomic mass is 10.0. The van der Waals surface area contributed by atoms with Gasteiger partial charge in [0, 0.05) is 12.6 Å². The molecule has 6 heteroatoms. The van der Waals surface area contributed by atoms with Crippen molar-refractivity contribution in [2.24, 2.45) is 11.8 Å². The fraction of sp³-hybridized carbons (Fsp3) is 0.600. The third kappa shape index (κ3) is 3.24. The predicted octanol–water partition coefficient (Wildman–Crippen LogP) is 1.32. The Morgan fingerprint density at radius 3 is 2.81 bits per heavy atom. The van der Waals surface area contributed by atoms with Gasteiger partial charge in [-0.2, -0.15) is 11.8 Å². The molecule has 1 saturated heterocycles. The van der Waals surface area contributed by atoms with Crippen molar-refractivity contribution >= 4 is 23.4 Å². The van der Waals surface area contributed by atoms with Crippen LogP contribution >= 0.6 is 11.8 Å². The monoisotopic (exact) mass is 239 g/mol. The topological polar surface area (TPSA) is 75.9 Å². The van der Waals surface area contributed by atoms with E-state index in [9.17, 15) is 0 Å². The van der Waals surface area contributed by atoms with Crippen molar-refractivity contribution in [3.05, 3.63) is 12.4 Å². The summed E-state index contributed by atoms with van der Waals surface area (Å²) >= 11 is 2.05. The molecule has 1 fully saturated rings. The molecule has 0 bridgehead atoms. The summed E-state index contributed by atoms with van der Waals surface area (Å²) in [5.74, 6) is 10.1. The highest BCUT2D eigenvalue weighted by Gasteiger charge is 2.13. The second-order valence-electron chi connectivity index (χ2n) is 3.87. The smallest absolute Gasteiger partial charge is 0.145 e. The minimum absolute atomic E-state index is 0.636. The molecular weight excluding hydrogens is 222 g/mol. The molecule has 1 aromatic rings. The van der Waals surface area contributed by atoms with Crippen LogP contribution in [0.3, 0.4) is 0 Å². The number of hydrogen-bond acceptors (Lipinski definition) is 6. The first-order chi connectivity index (χ1) is 7.88. The van der Waals surface area contributed by atoms with Gasteiger partial charge in [-0.1, -0.05) is 0 Å². The van der Waals surface area contributed by atoms with Crippen molar-refractivity contribution in [2.45, 2.75) is 12.8 Å². The molecule has 2 heterocycles. The van der Waals surface area contributed by atoms with E-state index in [4.69, 9.17) is 5.84 Å². The summed E-state index contributed by atoms with van der Waals surface area (Å²) in [7, 11) is 0. The first-order valence-electron chi connectivity index (χ1n) is 5.49. The van der Waals surface area contributed by atoms with Crippen molar-refractivity contribution in [1.82, 2.24) is 9.97 Å². The molecule has 2 rings (SSSR count). The summed E-state index contributed by atoms with van der Waals surface area (Å²) in [6, 6.07) is 1.82. The van der Waals surface area contributed by atoms with Gasteiger partial charge < -0.3 is 10.7 Å². The number of nitrogen functional groups attached to an aromatic ring is 1. The number of nitrogens with two attached hydrogens (primary N) is 1. The first-order valence-corrected chi connectivity index (χ1v) is 6.64. The Balaban J connectivity index is 1.83. The standard InChI is InChI=1S/C10H17N5S/c11-15-10-5-9(13-7-14-10)12-6-8-1-3-16-4-2-8/h5,7-8H,1-4,6,11H2,(H2,12,13,14,15). The minimum atomic E-state index is 0.636. The highest BCUT2D eigenvalue weighted by Crippen LogP contribution is 2.22. The zero-order valence-corrected chi connectivity index (χ0v) is 9.96. The molecule has 1 aromatic heterocycles. The van der Waals surface area contributed by atoms with E-state index in [-0.39, 0.29) is 0 Å². The van der Waals surface area contributed by atoms with E-state index in [1.165, 1.54) is 30.7 Å². The summed E-state index contributed by atoms with van der Waals surface area (Å²) in [6.07, 6.45) is 4.10. The molecule has 88 valence electrons. The van der Waals surface area contributed by atoms with E-state index >= 15 is 0 Å². The maximum Gasteiger partial charge on any atom is 0.145 e. The number of hydrazine groups is 1. The molecule has 1 aliphatic heterocycles. The lowest BCUT2D eigenvalue weighted by Gasteiger charge is -2.21. The van der Waals surface area contributed by atoms with Crippen LogP contribution in [0.4, 0.5) is 11.6 Å². The van der Waals surface area contributed by atoms with Gasteiger partial charge in [-0.05, 0) is 30.3 Å². The molecule has 1 aliphatic rings. The highest BCUT2D eigenvalue weighted by molar-refractivity contribution is 7.99. The van der Waals surface area contributed by atoms with Gasteiger partial charge in [-0.3, -0.25) is 0 Å². The number of nitrogens with one attached hydrogen (secondary N) is 2. The lowest BCUT2D eigenvalue weighted by molar-refractivity contribution is 0.515. The normalized spacial score (nSPS) is 17.1. The Bertz CT molecular complexity index is 327. The van der Waals surface area contributed by atoms with Gasteiger partial charge >= 0.3 is 0 Å². The average molecular weight is 239 g/mol. The SMILES string of the molecule is NNc1cc(NCC2CCSCC2)ncn1. The van der Waals surface area contributed by atoms with Crippen LogP contribution in [0, 0.1) is 5.92 Å². The van der Waals surface area contributed by atoms with Crippen LogP contribution in [0.5, 0.6) is 0 Å². The van der Waals surface area contributed by atoms with Crippen molar-refractivity contribution in [3.63, 3.8) is 0 Å². The van der Waals surface area contributed by atoms with Gasteiger partial charge in [0.15, 0.2) is 0 Å². The van der Waals surface area contributed by atoms with Gasteiger partial charge in [0.25, 0.3) is 0 Å². The van der Waals surface area contributed by atoms with Crippen LogP contribution in [-0.4, -0.2) is 28.0 Å². The molecule has 0 aliphatic carbocycles. The van der Waals surface area contributed by atoms with Crippen LogP contribution in [-0.2, 0) is 0 Å². The number of aromatic nitrogens is 2. The minimum Gasteiger partial charge on any atom is -0.370 e. The zero-order chi connectivity index (χ0) is 11.2. The van der Waals surface area contributed by atoms with E-state index in [0.717, 1.165) is 18.3 Å². The molecule has 4 N–H and O–H groups in total. The Hall–Kier alpha value is -1.01. The maximum atomic E-state index is 5.29. The van der Waals surface area contributed by atoms with Gasteiger partial charge in [-0.25, -0.2) is 15.8 Å². The summed E-state index contributed by atoms with van der Waals surface area (Å²) in [5.41, 5.74) is 2.51. The summed E-state index contributed by atoms with van der Waals surface area (Å²) < 4.78 is 0. The highest BCUT2D eigenvalue weighted by atomic mass is 32.2. The predicted molar refractivity (Wildman–Crippen MR) is 68.4 cm³/mol. The Morgan fingerprint density at radius 1 is 1.31 bits per heavy atom. The summed E-state index contributed by atoms with van der Waals surface area (Å²) in [4.78, 5) is 8.11. The first kappa shape index (κ1) is 11.5. The maximum absolute atomic E-state index is 5.29. The summed E-state index contributed by atoms with van der Waals surface area (Å²) in [5, 5.41) is 3.33. The number of nitrogens with zero attached hydrogens (tertiary/aromatic N) is 2. The van der Waals surface area contributed by atoms with E-state index in [0.29, 0.717) is 5.82 Å². The number of thioether (sulfide) groups is 1. The second kappa shape index (κ2) is 5.91. The molecule has 16 heavy (non-hydrogen) atoms. The van der Waals surface area contributed by atoms with E-state index in [1.54, 1.807) is 0 Å². The molecule has 0 atom stereocenters. The van der Waals surface area contributed by atoms with Crippen LogP contribution < -0.4 is 16.6 Å². The number of anilines is 2. The molecule has 0 aromatic carbocycles. The Kier molecular flexibility index (Phi) is 4.24. The summed E-state index contributed by atoms with van der Waals surface area (Å²) in [6.45, 7) is 0.988. The third-order valence-electron chi connectivity index (χ3n) is 2.73. The van der Waals surface area contributed by atoms with Crippen LogP contribution in [0.25, 0.3) is 0 Å². The number of rotatable bonds is 4. The molecule has 0 unspecified atom stereocenters. The van der Waals surface area contributed by atoms with Crippen molar-refractivity contribution < 1.29 is 0 Å². The van der Waals surface area contributed by atoms with Gasteiger partial charge in [0.1, 0.15) is 18.0 Å². The third-order valence-corrected chi connectivity index (χ3v) is 3.78. The van der Waals surface area contributed by atoms with E-state index in [2.05, 4.69) is 20.7 Å². The molecule has 5 nitrogen and oxygen atoms in total. The van der Waals surface area contributed by atoms with Crippen LogP contribution in [0.15, 0.2) is 12.4 Å². The van der Waals surface area contributed by atoms with Crippen LogP contribution in [0.2, 0.25) is 0 Å². The van der Waals surface area contributed by atoms with E-state index in [1.807, 2.05) is 17.8 Å². The van der Waals surface area contributed by atoms with Crippen molar-refractivity contribution in [1.29, 1.82) is 0 Å². The fourth-order valence-electron chi connectivity index (χ4n) is 1.73. The van der Waals surface area contributed by atoms with E-state index < -0.39 is 0 Å². The van der Waals surface area contributed by atoms with Gasteiger partial charge in [0.05, 0.1) is 0 Å². The molecule has 0 radical (unpaired) electrons. The van der Waals surface area contributed by atoms with Crippen molar-refractivity contribution in [2.75, 3.05) is 28.8 Å². The Labute approximate surface area is 99.6 Å². The zero-order valence-electron chi connectivity index (χ0n) is 9.15. The Morgan fingerprint density at radius 2 is 2.06 bits per heavy atom. The number of hydrogen-bond donors (Lipinski definition) is 3. The quantitative estimate of drug-likeness (QED) is 0.543.